The SMILES string of the molecule is O=c1[nH]c2nc(Cl)n(Cc3ccc(Cl)cc3)c2c(=O)n1CCCO. The molecule has 9 heteroatoms. The molecular weight excluding hydrogens is 355 g/mol. The number of imidazole rings is 1. The molecule has 0 bridgehead atoms. The van der Waals surface area contributed by atoms with Crippen LogP contribution in [-0.4, -0.2) is 30.8 Å². The Kier molecular flexibility index (Phi) is 4.75. The molecule has 2 heterocycles. The summed E-state index contributed by atoms with van der Waals surface area (Å²) in [6.07, 6.45) is 0.299. The summed E-state index contributed by atoms with van der Waals surface area (Å²) in [6.45, 7) is 0.312. The minimum atomic E-state index is -0.575. The van der Waals surface area contributed by atoms with Gasteiger partial charge in [0.05, 0.1) is 6.54 Å². The number of hydrogen-bond donors (Lipinski definition) is 2. The number of nitrogens with zero attached hydrogens (tertiary/aromatic N) is 3. The summed E-state index contributed by atoms with van der Waals surface area (Å²) in [4.78, 5) is 31.3. The van der Waals surface area contributed by atoms with Gasteiger partial charge in [-0.25, -0.2) is 4.79 Å². The molecule has 3 rings (SSSR count). The molecule has 0 unspecified atom stereocenters. The van der Waals surface area contributed by atoms with Crippen LogP contribution in [0, 0.1) is 0 Å². The standard InChI is InChI=1S/C15H14Cl2N4O3/c16-10-4-2-9(3-5-10)8-21-11-12(18-14(21)17)19-15(24)20(13(11)23)6-1-7-22/h2-5,22H,1,6-8H2,(H,19,24). The quantitative estimate of drug-likeness (QED) is 0.669. The Morgan fingerprint density at radius 2 is 1.83 bits per heavy atom. The molecule has 0 aliphatic heterocycles. The normalized spacial score (nSPS) is 11.3. The van der Waals surface area contributed by atoms with Crippen molar-refractivity contribution in [2.24, 2.45) is 0 Å². The number of hydrogen-bond acceptors (Lipinski definition) is 4. The van der Waals surface area contributed by atoms with Gasteiger partial charge >= 0.3 is 5.69 Å². The van der Waals surface area contributed by atoms with Gasteiger partial charge in [0.15, 0.2) is 11.2 Å². The molecule has 0 aliphatic rings. The van der Waals surface area contributed by atoms with Crippen LogP contribution in [0.5, 0.6) is 0 Å². The summed E-state index contributed by atoms with van der Waals surface area (Å²) in [5.74, 6) is 0. The van der Waals surface area contributed by atoms with Gasteiger partial charge in [-0.2, -0.15) is 4.98 Å². The van der Waals surface area contributed by atoms with E-state index in [0.717, 1.165) is 10.1 Å². The third-order valence-corrected chi connectivity index (χ3v) is 4.17. The summed E-state index contributed by atoms with van der Waals surface area (Å²) in [5.41, 5.74) is 0.175. The van der Waals surface area contributed by atoms with Crippen LogP contribution in [0.4, 0.5) is 0 Å². The zero-order chi connectivity index (χ0) is 17.3. The minimum Gasteiger partial charge on any atom is -0.396 e. The van der Waals surface area contributed by atoms with Crippen molar-refractivity contribution < 1.29 is 5.11 Å². The zero-order valence-electron chi connectivity index (χ0n) is 12.5. The van der Waals surface area contributed by atoms with Crippen LogP contribution in [0.3, 0.4) is 0 Å². The third kappa shape index (κ3) is 3.10. The highest BCUT2D eigenvalue weighted by molar-refractivity contribution is 6.30. The van der Waals surface area contributed by atoms with E-state index in [9.17, 15) is 9.59 Å². The molecule has 0 radical (unpaired) electrons. The Morgan fingerprint density at radius 1 is 1.12 bits per heavy atom. The predicted octanol–water partition coefficient (Wildman–Crippen LogP) is 1.62. The lowest BCUT2D eigenvalue weighted by Crippen LogP contribution is -2.36. The fraction of sp³-hybridized carbons (Fsp3) is 0.267. The number of rotatable bonds is 5. The van der Waals surface area contributed by atoms with Crippen molar-refractivity contribution in [3.05, 3.63) is 61.0 Å². The second-order valence-electron chi connectivity index (χ2n) is 5.25. The Balaban J connectivity index is 2.13. The number of nitrogens with one attached hydrogen (secondary N) is 1. The molecule has 2 N–H and O–H groups in total. The molecule has 1 aromatic carbocycles. The number of aromatic amines is 1. The lowest BCUT2D eigenvalue weighted by molar-refractivity contribution is 0.278. The van der Waals surface area contributed by atoms with Crippen molar-refractivity contribution in [3.8, 4) is 0 Å². The molecule has 0 fully saturated rings. The average molecular weight is 369 g/mol. The number of halogens is 2. The maximum Gasteiger partial charge on any atom is 0.330 e. The summed E-state index contributed by atoms with van der Waals surface area (Å²) < 4.78 is 2.57. The zero-order valence-corrected chi connectivity index (χ0v) is 14.0. The summed E-state index contributed by atoms with van der Waals surface area (Å²) in [5, 5.41) is 9.63. The van der Waals surface area contributed by atoms with E-state index in [0.29, 0.717) is 18.0 Å². The molecule has 7 nitrogen and oxygen atoms in total. The fourth-order valence-corrected chi connectivity index (χ4v) is 2.82. The largest absolute Gasteiger partial charge is 0.396 e. The van der Waals surface area contributed by atoms with Crippen molar-refractivity contribution in [2.45, 2.75) is 19.5 Å². The maximum absolute atomic E-state index is 12.7. The van der Waals surface area contributed by atoms with E-state index >= 15 is 0 Å². The first-order valence-electron chi connectivity index (χ1n) is 7.25. The van der Waals surface area contributed by atoms with Crippen LogP contribution in [-0.2, 0) is 13.1 Å². The van der Waals surface area contributed by atoms with Gasteiger partial charge < -0.3 is 9.67 Å². The van der Waals surface area contributed by atoms with E-state index < -0.39 is 11.2 Å². The summed E-state index contributed by atoms with van der Waals surface area (Å²) >= 11 is 12.0. The minimum absolute atomic E-state index is 0.104. The van der Waals surface area contributed by atoms with Crippen LogP contribution in [0.15, 0.2) is 33.9 Å². The lowest BCUT2D eigenvalue weighted by Gasteiger charge is -2.07. The van der Waals surface area contributed by atoms with Gasteiger partial charge in [0.1, 0.15) is 0 Å². The van der Waals surface area contributed by atoms with Crippen LogP contribution < -0.4 is 11.2 Å². The van der Waals surface area contributed by atoms with Gasteiger partial charge in [-0.15, -0.1) is 0 Å². The fourth-order valence-electron chi connectivity index (χ4n) is 2.47. The van der Waals surface area contributed by atoms with E-state index in [2.05, 4.69) is 9.97 Å². The Labute approximate surface area is 146 Å². The first-order valence-corrected chi connectivity index (χ1v) is 8.01. The van der Waals surface area contributed by atoms with Crippen molar-refractivity contribution >= 4 is 34.4 Å². The van der Waals surface area contributed by atoms with Crippen molar-refractivity contribution in [1.82, 2.24) is 19.1 Å². The molecule has 0 saturated heterocycles. The molecule has 126 valence electrons. The number of fused-ring (bicyclic) bond motifs is 1. The summed E-state index contributed by atoms with van der Waals surface area (Å²) in [7, 11) is 0. The maximum atomic E-state index is 12.7. The van der Waals surface area contributed by atoms with Gasteiger partial charge in [0, 0.05) is 18.2 Å². The second-order valence-corrected chi connectivity index (χ2v) is 6.03. The van der Waals surface area contributed by atoms with Crippen molar-refractivity contribution in [1.29, 1.82) is 0 Å². The number of aliphatic hydroxyl groups is 1. The number of H-pyrrole nitrogens is 1. The molecule has 0 aliphatic carbocycles. The van der Waals surface area contributed by atoms with Crippen molar-refractivity contribution in [3.63, 3.8) is 0 Å². The van der Waals surface area contributed by atoms with Gasteiger partial charge in [0.25, 0.3) is 5.56 Å². The lowest BCUT2D eigenvalue weighted by atomic mass is 10.2. The van der Waals surface area contributed by atoms with E-state index in [1.807, 2.05) is 12.1 Å². The van der Waals surface area contributed by atoms with Crippen LogP contribution in [0.1, 0.15) is 12.0 Å². The topological polar surface area (TPSA) is 92.9 Å². The molecule has 2 aromatic heterocycles. The van der Waals surface area contributed by atoms with Gasteiger partial charge in [-0.3, -0.25) is 14.3 Å². The van der Waals surface area contributed by atoms with E-state index in [4.69, 9.17) is 28.3 Å². The van der Waals surface area contributed by atoms with Crippen LogP contribution in [0.25, 0.3) is 11.2 Å². The summed E-state index contributed by atoms with van der Waals surface area (Å²) in [6, 6.07) is 7.12. The van der Waals surface area contributed by atoms with Gasteiger partial charge in [-0.1, -0.05) is 23.7 Å². The first-order chi connectivity index (χ1) is 11.5. The molecular formula is C15H14Cl2N4O3. The van der Waals surface area contributed by atoms with E-state index in [1.54, 1.807) is 12.1 Å². The van der Waals surface area contributed by atoms with Gasteiger partial charge in [0.2, 0.25) is 5.28 Å². The number of benzene rings is 1. The molecule has 0 atom stereocenters. The average Bonchev–Trinajstić information content (AvgIpc) is 2.85. The first kappa shape index (κ1) is 16.8. The highest BCUT2D eigenvalue weighted by atomic mass is 35.5. The highest BCUT2D eigenvalue weighted by Crippen LogP contribution is 2.18. The van der Waals surface area contributed by atoms with Crippen LogP contribution in [0.2, 0.25) is 10.3 Å². The predicted molar refractivity (Wildman–Crippen MR) is 91.9 cm³/mol. The molecule has 0 spiro atoms. The highest BCUT2D eigenvalue weighted by Gasteiger charge is 2.17. The van der Waals surface area contributed by atoms with E-state index in [-0.39, 0.29) is 29.6 Å². The van der Waals surface area contributed by atoms with Crippen molar-refractivity contribution in [2.75, 3.05) is 6.61 Å². The smallest absolute Gasteiger partial charge is 0.330 e. The second kappa shape index (κ2) is 6.80. The Bertz CT molecular complexity index is 989. The number of aliphatic hydroxyl groups excluding tert-OH is 1. The van der Waals surface area contributed by atoms with E-state index in [1.165, 1.54) is 4.57 Å². The molecule has 0 saturated carbocycles. The molecule has 24 heavy (non-hydrogen) atoms. The Hall–Kier alpha value is -2.09. The molecule has 0 amide bonds. The van der Waals surface area contributed by atoms with Crippen LogP contribution >= 0.6 is 23.2 Å². The monoisotopic (exact) mass is 368 g/mol. The Morgan fingerprint density at radius 3 is 2.50 bits per heavy atom. The molecule has 3 aromatic rings. The third-order valence-electron chi connectivity index (χ3n) is 3.63. The number of aromatic nitrogens is 4. The van der Waals surface area contributed by atoms with Gasteiger partial charge in [-0.05, 0) is 35.7 Å².